The van der Waals surface area contributed by atoms with Gasteiger partial charge in [0, 0.05) is 24.6 Å². The van der Waals surface area contributed by atoms with Gasteiger partial charge in [-0.1, -0.05) is 40.5 Å². The van der Waals surface area contributed by atoms with E-state index in [4.69, 9.17) is 27.9 Å². The van der Waals surface area contributed by atoms with Crippen LogP contribution in [0.5, 0.6) is 0 Å². The number of hydrogen-bond donors (Lipinski definition) is 2. The molecule has 0 aliphatic carbocycles. The molecule has 2 N–H and O–H groups in total. The number of ether oxygens (including phenoxy) is 1. The zero-order valence-corrected chi connectivity index (χ0v) is 16.7. The Labute approximate surface area is 152 Å². The van der Waals surface area contributed by atoms with E-state index in [9.17, 15) is 10.2 Å². The maximum Gasteiger partial charge on any atom is 0.0700 e. The van der Waals surface area contributed by atoms with Crippen LogP contribution in [0.3, 0.4) is 0 Å². The molecule has 0 saturated heterocycles. The summed E-state index contributed by atoms with van der Waals surface area (Å²) in [6, 6.07) is 0. The SMILES string of the molecule is CCCC(C)C(CC(O)CCl)OC(CC(O)CCl)C(C)CCC. The second kappa shape index (κ2) is 13.7. The molecule has 0 aromatic rings. The summed E-state index contributed by atoms with van der Waals surface area (Å²) < 4.78 is 6.39. The van der Waals surface area contributed by atoms with Gasteiger partial charge in [-0.25, -0.2) is 0 Å². The fourth-order valence-corrected chi connectivity index (χ4v) is 3.27. The summed E-state index contributed by atoms with van der Waals surface area (Å²) in [7, 11) is 0. The van der Waals surface area contributed by atoms with E-state index in [2.05, 4.69) is 27.7 Å². The Morgan fingerprint density at radius 3 is 1.39 bits per heavy atom. The zero-order valence-electron chi connectivity index (χ0n) is 15.2. The number of hydrogen-bond acceptors (Lipinski definition) is 3. The Morgan fingerprint density at radius 2 is 1.13 bits per heavy atom. The van der Waals surface area contributed by atoms with E-state index in [0.717, 1.165) is 25.7 Å². The molecule has 0 radical (unpaired) electrons. The largest absolute Gasteiger partial charge is 0.392 e. The van der Waals surface area contributed by atoms with Crippen molar-refractivity contribution in [3.05, 3.63) is 0 Å². The fourth-order valence-electron chi connectivity index (χ4n) is 3.01. The first-order valence-corrected chi connectivity index (χ1v) is 10.1. The molecule has 5 heteroatoms. The van der Waals surface area contributed by atoms with Crippen molar-refractivity contribution in [2.75, 3.05) is 11.8 Å². The van der Waals surface area contributed by atoms with Crippen LogP contribution in [0, 0.1) is 11.8 Å². The Hall–Kier alpha value is 0.460. The molecule has 0 fully saturated rings. The summed E-state index contributed by atoms with van der Waals surface area (Å²) >= 11 is 11.5. The first kappa shape index (κ1) is 23.5. The molecule has 0 aromatic carbocycles. The highest BCUT2D eigenvalue weighted by Gasteiger charge is 2.28. The molecule has 0 spiro atoms. The molecule has 3 nitrogen and oxygen atoms in total. The third kappa shape index (κ3) is 10.1. The molecule has 23 heavy (non-hydrogen) atoms. The summed E-state index contributed by atoms with van der Waals surface area (Å²) in [4.78, 5) is 0. The van der Waals surface area contributed by atoms with Crippen molar-refractivity contribution in [3.8, 4) is 0 Å². The van der Waals surface area contributed by atoms with Gasteiger partial charge in [0.05, 0.1) is 24.4 Å². The highest BCUT2D eigenvalue weighted by Crippen LogP contribution is 2.27. The lowest BCUT2D eigenvalue weighted by Crippen LogP contribution is -2.36. The molecule has 6 unspecified atom stereocenters. The van der Waals surface area contributed by atoms with Crippen molar-refractivity contribution >= 4 is 23.2 Å². The maximum absolute atomic E-state index is 9.95. The van der Waals surface area contributed by atoms with E-state index in [0.29, 0.717) is 24.7 Å². The first-order valence-electron chi connectivity index (χ1n) is 9.02. The highest BCUT2D eigenvalue weighted by molar-refractivity contribution is 6.18. The Balaban J connectivity index is 4.98. The molecular formula is C18H36Cl2O3. The summed E-state index contributed by atoms with van der Waals surface area (Å²) in [6.45, 7) is 8.63. The van der Waals surface area contributed by atoms with Crippen molar-refractivity contribution in [1.82, 2.24) is 0 Å². The summed E-state index contributed by atoms with van der Waals surface area (Å²) in [6.07, 6.45) is 4.13. The van der Waals surface area contributed by atoms with Gasteiger partial charge in [0.2, 0.25) is 0 Å². The highest BCUT2D eigenvalue weighted by atomic mass is 35.5. The second-order valence-electron chi connectivity index (χ2n) is 6.83. The second-order valence-corrected chi connectivity index (χ2v) is 7.45. The normalized spacial score (nSPS) is 19.8. The Morgan fingerprint density at radius 1 is 0.783 bits per heavy atom. The van der Waals surface area contributed by atoms with Crippen molar-refractivity contribution in [3.63, 3.8) is 0 Å². The molecular weight excluding hydrogens is 335 g/mol. The van der Waals surface area contributed by atoms with Gasteiger partial charge < -0.3 is 14.9 Å². The number of aliphatic hydroxyl groups excluding tert-OH is 2. The van der Waals surface area contributed by atoms with Gasteiger partial charge in [-0.15, -0.1) is 23.2 Å². The van der Waals surface area contributed by atoms with Crippen LogP contribution < -0.4 is 0 Å². The molecule has 0 heterocycles. The van der Waals surface area contributed by atoms with Crippen LogP contribution in [0.25, 0.3) is 0 Å². The molecule has 0 saturated carbocycles. The average Bonchev–Trinajstić information content (AvgIpc) is 2.53. The van der Waals surface area contributed by atoms with E-state index in [1.54, 1.807) is 0 Å². The Kier molecular flexibility index (Phi) is 14.0. The molecule has 0 amide bonds. The fraction of sp³-hybridized carbons (Fsp3) is 1.00. The van der Waals surface area contributed by atoms with E-state index >= 15 is 0 Å². The van der Waals surface area contributed by atoms with Crippen molar-refractivity contribution in [2.24, 2.45) is 11.8 Å². The first-order chi connectivity index (χ1) is 10.9. The summed E-state index contributed by atoms with van der Waals surface area (Å²) in [5, 5.41) is 19.9. The molecule has 0 aliphatic rings. The third-order valence-electron chi connectivity index (χ3n) is 4.47. The monoisotopic (exact) mass is 370 g/mol. The van der Waals surface area contributed by atoms with E-state index < -0.39 is 12.2 Å². The number of rotatable bonds is 14. The zero-order chi connectivity index (χ0) is 17.8. The minimum absolute atomic E-state index is 0.0458. The van der Waals surface area contributed by atoms with Crippen molar-refractivity contribution in [2.45, 2.75) is 90.6 Å². The van der Waals surface area contributed by atoms with Gasteiger partial charge in [0.15, 0.2) is 0 Å². The van der Waals surface area contributed by atoms with Gasteiger partial charge in [-0.05, 0) is 24.7 Å². The van der Waals surface area contributed by atoms with E-state index in [1.165, 1.54) is 0 Å². The summed E-state index contributed by atoms with van der Waals surface area (Å²) in [5.74, 6) is 1.14. The molecule has 0 rings (SSSR count). The number of aliphatic hydroxyl groups is 2. The summed E-state index contributed by atoms with van der Waals surface area (Å²) in [5.41, 5.74) is 0. The lowest BCUT2D eigenvalue weighted by Gasteiger charge is -2.34. The van der Waals surface area contributed by atoms with Gasteiger partial charge in [0.25, 0.3) is 0 Å². The van der Waals surface area contributed by atoms with E-state index in [1.807, 2.05) is 0 Å². The number of halogens is 2. The average molecular weight is 371 g/mol. The quantitative estimate of drug-likeness (QED) is 0.439. The standard InChI is InChI=1S/C18H36Cl2O3/c1-5-7-13(3)17(9-15(21)11-19)23-18(10-16(22)12-20)14(4)8-6-2/h13-18,21-22H,5-12H2,1-4H3. The molecule has 6 atom stereocenters. The molecule has 0 aromatic heterocycles. The predicted octanol–water partition coefficient (Wildman–Crippen LogP) is 4.59. The van der Waals surface area contributed by atoms with Gasteiger partial charge in [-0.3, -0.25) is 0 Å². The molecule has 0 bridgehead atoms. The van der Waals surface area contributed by atoms with Crippen LogP contribution in [-0.2, 0) is 4.74 Å². The smallest absolute Gasteiger partial charge is 0.0700 e. The van der Waals surface area contributed by atoms with Gasteiger partial charge in [-0.2, -0.15) is 0 Å². The molecule has 0 aliphatic heterocycles. The number of alkyl halides is 2. The van der Waals surface area contributed by atoms with Gasteiger partial charge in [0.1, 0.15) is 0 Å². The third-order valence-corrected chi connectivity index (χ3v) is 5.18. The van der Waals surface area contributed by atoms with Crippen LogP contribution in [0.15, 0.2) is 0 Å². The lowest BCUT2D eigenvalue weighted by molar-refractivity contribution is -0.0941. The Bertz CT molecular complexity index is 253. The van der Waals surface area contributed by atoms with Crippen LogP contribution in [0.2, 0.25) is 0 Å². The minimum Gasteiger partial charge on any atom is -0.392 e. The lowest BCUT2D eigenvalue weighted by atomic mass is 9.91. The topological polar surface area (TPSA) is 49.7 Å². The van der Waals surface area contributed by atoms with Crippen LogP contribution in [0.4, 0.5) is 0 Å². The van der Waals surface area contributed by atoms with Crippen molar-refractivity contribution in [1.29, 1.82) is 0 Å². The van der Waals surface area contributed by atoms with Gasteiger partial charge >= 0.3 is 0 Å². The maximum atomic E-state index is 9.95. The van der Waals surface area contributed by atoms with Crippen molar-refractivity contribution < 1.29 is 14.9 Å². The van der Waals surface area contributed by atoms with E-state index in [-0.39, 0.29) is 24.0 Å². The van der Waals surface area contributed by atoms with Crippen LogP contribution in [0.1, 0.15) is 66.2 Å². The van der Waals surface area contributed by atoms with Crippen LogP contribution >= 0.6 is 23.2 Å². The van der Waals surface area contributed by atoms with Crippen LogP contribution in [-0.4, -0.2) is 46.4 Å². The minimum atomic E-state index is -0.555. The molecule has 140 valence electrons. The predicted molar refractivity (Wildman–Crippen MR) is 99.5 cm³/mol.